The van der Waals surface area contributed by atoms with Crippen molar-refractivity contribution >= 4 is 25.2 Å². The summed E-state index contributed by atoms with van der Waals surface area (Å²) in [5.41, 5.74) is 0. The third-order valence-corrected chi connectivity index (χ3v) is 8.64. The van der Waals surface area contributed by atoms with Crippen molar-refractivity contribution in [2.75, 3.05) is 6.61 Å². The molecular weight excluding hydrogens is 231 g/mol. The van der Waals surface area contributed by atoms with E-state index in [2.05, 4.69) is 9.91 Å². The first-order chi connectivity index (χ1) is 4.84. The Bertz CT molecular complexity index is 154. The molecule has 0 unspecified atom stereocenters. The average Bonchev–Trinajstić information content (AvgIpc) is 2.38. The summed E-state index contributed by atoms with van der Waals surface area (Å²) in [6, 6.07) is 0. The molecule has 1 rings (SSSR count). The molecular formula is C7H11InO2. The molecule has 1 aliphatic rings. The molecule has 1 heterocycles. The summed E-state index contributed by atoms with van der Waals surface area (Å²) in [7, 11) is 0. The van der Waals surface area contributed by atoms with Crippen LogP contribution in [0.5, 0.6) is 0 Å². The van der Waals surface area contributed by atoms with E-state index in [9.17, 15) is 4.79 Å². The number of carbonyl (C=O) groups is 1. The maximum atomic E-state index is 11.1. The number of rotatable bonds is 2. The zero-order valence-corrected chi connectivity index (χ0v) is 9.47. The number of carbonyl (C=O) groups excluding carboxylic acids is 1. The zero-order valence-electron chi connectivity index (χ0n) is 6.17. The molecule has 0 aromatic rings. The van der Waals surface area contributed by atoms with E-state index in [1.165, 1.54) is 0 Å². The standard InChI is InChI=1S/C4H6.C3H5O2.In/c1-3-4-2;1-2-5-3-4;/h1,3H,2,4H2;2H2,1H3;. The Morgan fingerprint density at radius 3 is 3.10 bits per heavy atom. The molecule has 0 saturated heterocycles. The van der Waals surface area contributed by atoms with Gasteiger partial charge in [0.15, 0.2) is 0 Å². The van der Waals surface area contributed by atoms with Crippen LogP contribution in [0.1, 0.15) is 13.3 Å². The summed E-state index contributed by atoms with van der Waals surface area (Å²) in [6.07, 6.45) is 3.23. The van der Waals surface area contributed by atoms with Gasteiger partial charge in [-0.05, 0) is 0 Å². The minimum absolute atomic E-state index is 0.137. The van der Waals surface area contributed by atoms with E-state index in [1.807, 2.05) is 6.92 Å². The molecule has 0 aliphatic carbocycles. The van der Waals surface area contributed by atoms with Crippen molar-refractivity contribution in [3.8, 4) is 0 Å². The number of hydrogen-bond donors (Lipinski definition) is 0. The van der Waals surface area contributed by atoms with E-state index in [0.717, 1.165) is 10.6 Å². The third kappa shape index (κ3) is 2.04. The van der Waals surface area contributed by atoms with Crippen LogP contribution in [0.25, 0.3) is 0 Å². The van der Waals surface area contributed by atoms with Gasteiger partial charge < -0.3 is 0 Å². The van der Waals surface area contributed by atoms with Crippen LogP contribution in [0.2, 0.25) is 4.18 Å². The van der Waals surface area contributed by atoms with Crippen molar-refractivity contribution in [2.24, 2.45) is 0 Å². The average molecular weight is 242 g/mol. The van der Waals surface area contributed by atoms with Gasteiger partial charge in [0.1, 0.15) is 0 Å². The molecule has 2 nitrogen and oxygen atoms in total. The predicted octanol–water partition coefficient (Wildman–Crippen LogP) is 1.72. The van der Waals surface area contributed by atoms with Crippen LogP contribution in [-0.2, 0) is 4.74 Å². The van der Waals surface area contributed by atoms with Crippen molar-refractivity contribution in [3.63, 3.8) is 0 Å². The summed E-state index contributed by atoms with van der Waals surface area (Å²) >= 11 is -1.89. The molecule has 3 heteroatoms. The van der Waals surface area contributed by atoms with E-state index in [1.54, 1.807) is 0 Å². The van der Waals surface area contributed by atoms with Crippen LogP contribution in [0.3, 0.4) is 0 Å². The summed E-state index contributed by atoms with van der Waals surface area (Å²) in [4.78, 5) is 11.1. The second kappa shape index (κ2) is 4.06. The molecule has 1 aliphatic heterocycles. The Kier molecular flexibility index (Phi) is 3.32. The predicted molar refractivity (Wildman–Crippen MR) is 41.3 cm³/mol. The molecule has 0 bridgehead atoms. The van der Waals surface area contributed by atoms with Gasteiger partial charge in [-0.2, -0.15) is 0 Å². The maximum absolute atomic E-state index is 11.1. The molecule has 10 heavy (non-hydrogen) atoms. The summed E-state index contributed by atoms with van der Waals surface area (Å²) in [5.74, 6) is 0. The van der Waals surface area contributed by atoms with Gasteiger partial charge in [-0.15, -0.1) is 0 Å². The van der Waals surface area contributed by atoms with E-state index < -0.39 is 21.4 Å². The Morgan fingerprint density at radius 1 is 1.80 bits per heavy atom. The quantitative estimate of drug-likeness (QED) is 0.736. The summed E-state index contributed by atoms with van der Waals surface area (Å²) in [6.45, 7) is 2.41. The first-order valence-corrected chi connectivity index (χ1v) is 9.56. The van der Waals surface area contributed by atoms with Gasteiger partial charge in [-0.3, -0.25) is 0 Å². The van der Waals surface area contributed by atoms with Crippen LogP contribution in [-0.4, -0.2) is 31.8 Å². The SMILES string of the molecule is CCO[C](=O)[In]1[CH]=CC[CH2]1. The first kappa shape index (κ1) is 8.18. The van der Waals surface area contributed by atoms with Crippen LogP contribution in [0.4, 0.5) is 4.79 Å². The minimum atomic E-state index is -1.89. The van der Waals surface area contributed by atoms with Gasteiger partial charge in [-0.1, -0.05) is 0 Å². The van der Waals surface area contributed by atoms with Gasteiger partial charge in [0.05, 0.1) is 0 Å². The Labute approximate surface area is 68.8 Å². The Hall–Kier alpha value is 0.0801. The summed E-state index contributed by atoms with van der Waals surface area (Å²) in [5, 5.41) is 0. The molecule has 0 saturated carbocycles. The first-order valence-electron chi connectivity index (χ1n) is 3.68. The number of ether oxygens (including phenoxy) is 1. The third-order valence-electron chi connectivity index (χ3n) is 1.60. The van der Waals surface area contributed by atoms with Crippen molar-refractivity contribution in [3.05, 3.63) is 9.91 Å². The number of hydrogen-bond acceptors (Lipinski definition) is 2. The van der Waals surface area contributed by atoms with Crippen molar-refractivity contribution in [1.82, 2.24) is 0 Å². The van der Waals surface area contributed by atoms with E-state index in [4.69, 9.17) is 4.74 Å². The monoisotopic (exact) mass is 242 g/mol. The van der Waals surface area contributed by atoms with Crippen molar-refractivity contribution < 1.29 is 9.53 Å². The second-order valence-corrected chi connectivity index (χ2v) is 9.92. The van der Waals surface area contributed by atoms with Crippen molar-refractivity contribution in [1.29, 1.82) is 0 Å². The molecule has 54 valence electrons. The fraction of sp³-hybridized carbons (Fsp3) is 0.571. The second-order valence-electron chi connectivity index (χ2n) is 2.36. The van der Waals surface area contributed by atoms with Crippen LogP contribution >= 0.6 is 0 Å². The molecule has 0 fully saturated rings. The molecule has 0 N–H and O–H groups in total. The van der Waals surface area contributed by atoms with Gasteiger partial charge in [0, 0.05) is 0 Å². The van der Waals surface area contributed by atoms with Gasteiger partial charge >= 0.3 is 68.7 Å². The van der Waals surface area contributed by atoms with E-state index in [-0.39, 0.29) is 3.73 Å². The fourth-order valence-electron chi connectivity index (χ4n) is 1.08. The normalized spacial score (nSPS) is 15.9. The van der Waals surface area contributed by atoms with Gasteiger partial charge in [0.2, 0.25) is 0 Å². The molecule has 0 atom stereocenters. The van der Waals surface area contributed by atoms with Gasteiger partial charge in [-0.25, -0.2) is 0 Å². The molecule has 0 aromatic carbocycles. The van der Waals surface area contributed by atoms with E-state index >= 15 is 0 Å². The van der Waals surface area contributed by atoms with Crippen LogP contribution in [0, 0.1) is 0 Å². The molecule has 0 amide bonds. The van der Waals surface area contributed by atoms with Crippen molar-refractivity contribution in [2.45, 2.75) is 17.5 Å². The molecule has 0 radical (unpaired) electrons. The Balaban J connectivity index is 2.33. The van der Waals surface area contributed by atoms with Crippen LogP contribution in [0.15, 0.2) is 9.91 Å². The molecule has 0 spiro atoms. The summed E-state index contributed by atoms with van der Waals surface area (Å²) < 4.78 is 8.34. The molecule has 0 aromatic heterocycles. The number of allylic oxidation sites excluding steroid dienone is 1. The van der Waals surface area contributed by atoms with E-state index in [0.29, 0.717) is 6.61 Å². The fourth-order valence-corrected chi connectivity index (χ4v) is 6.90. The van der Waals surface area contributed by atoms with Gasteiger partial charge in [0.25, 0.3) is 0 Å². The Morgan fingerprint density at radius 2 is 2.60 bits per heavy atom. The van der Waals surface area contributed by atoms with Crippen LogP contribution < -0.4 is 0 Å². The topological polar surface area (TPSA) is 26.3 Å². The zero-order chi connectivity index (χ0) is 7.40.